The summed E-state index contributed by atoms with van der Waals surface area (Å²) in [5.74, 6) is -2.54. The van der Waals surface area contributed by atoms with Crippen molar-refractivity contribution < 1.29 is 26.5 Å². The summed E-state index contributed by atoms with van der Waals surface area (Å²) in [4.78, 5) is 12.9. The van der Waals surface area contributed by atoms with Crippen molar-refractivity contribution >= 4 is 15.7 Å². The van der Waals surface area contributed by atoms with Crippen molar-refractivity contribution in [3.8, 4) is 0 Å². The lowest BCUT2D eigenvalue weighted by Gasteiger charge is -2.38. The van der Waals surface area contributed by atoms with Crippen LogP contribution in [0.3, 0.4) is 0 Å². The Morgan fingerprint density at radius 2 is 1.50 bits per heavy atom. The number of hydrogen-bond acceptors (Lipinski definition) is 3. The number of amides is 1. The lowest BCUT2D eigenvalue weighted by atomic mass is 9.64. The molecule has 0 saturated carbocycles. The predicted octanol–water partition coefficient (Wildman–Crippen LogP) is 4.07. The standard InChI is InChI=1S/C28H30F2N2O3S/c1-32(14-8-16-36(34,35)26-18-24(29)17-25(30)19-26)15-13-23(20-32)28(27(31)33,21-9-4-2-5-10-21)22-11-6-3-7-12-22/h2-7,9-12,17-19,23H,8,13-16,20H2,1H3,(H-,31,33)/p+1. The molecule has 2 unspecified atom stereocenters. The Bertz CT molecular complexity index is 1270. The number of carbonyl (C=O) groups is 1. The second kappa shape index (κ2) is 10.1. The van der Waals surface area contributed by atoms with E-state index in [2.05, 4.69) is 7.05 Å². The summed E-state index contributed by atoms with van der Waals surface area (Å²) in [6, 6.07) is 21.5. The second-order valence-corrected chi connectivity index (χ2v) is 12.0. The number of nitrogens with zero attached hydrogens (tertiary/aromatic N) is 1. The first-order chi connectivity index (χ1) is 17.1. The van der Waals surface area contributed by atoms with Gasteiger partial charge in [-0.15, -0.1) is 0 Å². The zero-order valence-electron chi connectivity index (χ0n) is 20.2. The minimum atomic E-state index is -3.83. The van der Waals surface area contributed by atoms with E-state index in [1.165, 1.54) is 0 Å². The van der Waals surface area contributed by atoms with Gasteiger partial charge < -0.3 is 10.2 Å². The molecule has 4 rings (SSSR count). The molecule has 1 amide bonds. The molecule has 1 saturated heterocycles. The Labute approximate surface area is 211 Å². The third-order valence-corrected chi connectivity index (χ3v) is 9.22. The molecule has 5 nitrogen and oxygen atoms in total. The molecule has 0 spiro atoms. The first kappa shape index (κ1) is 26.0. The van der Waals surface area contributed by atoms with Crippen LogP contribution in [0.15, 0.2) is 83.8 Å². The Balaban J connectivity index is 1.56. The number of rotatable bonds is 9. The molecule has 0 bridgehead atoms. The monoisotopic (exact) mass is 513 g/mol. The molecule has 1 fully saturated rings. The summed E-state index contributed by atoms with van der Waals surface area (Å²) >= 11 is 0. The zero-order valence-corrected chi connectivity index (χ0v) is 21.1. The van der Waals surface area contributed by atoms with Crippen LogP contribution >= 0.6 is 0 Å². The minimum Gasteiger partial charge on any atom is -0.369 e. The van der Waals surface area contributed by atoms with Crippen LogP contribution in [-0.4, -0.2) is 51.2 Å². The molecule has 3 aromatic carbocycles. The van der Waals surface area contributed by atoms with Gasteiger partial charge in [-0.2, -0.15) is 0 Å². The SMILES string of the molecule is C[N+]1(CCCS(=O)(=O)c2cc(F)cc(F)c2)CCC(C(C(N)=O)(c2ccccc2)c2ccccc2)C1. The molecule has 1 aliphatic heterocycles. The number of primary amides is 1. The normalized spacial score (nSPS) is 20.4. The Morgan fingerprint density at radius 1 is 0.972 bits per heavy atom. The van der Waals surface area contributed by atoms with Gasteiger partial charge in [0.25, 0.3) is 0 Å². The Hall–Kier alpha value is -3.10. The van der Waals surface area contributed by atoms with Crippen LogP contribution < -0.4 is 5.73 Å². The Kier molecular flexibility index (Phi) is 7.29. The number of halogens is 2. The molecule has 0 aromatic heterocycles. The molecular weight excluding hydrogens is 482 g/mol. The molecular formula is C28H31F2N2O3S+. The zero-order chi connectivity index (χ0) is 26.0. The van der Waals surface area contributed by atoms with Gasteiger partial charge in [0.05, 0.1) is 37.3 Å². The quantitative estimate of drug-likeness (QED) is 0.439. The molecule has 0 radical (unpaired) electrons. The summed E-state index contributed by atoms with van der Waals surface area (Å²) in [5.41, 5.74) is 6.84. The topological polar surface area (TPSA) is 77.2 Å². The van der Waals surface area contributed by atoms with E-state index < -0.39 is 32.8 Å². The average Bonchev–Trinajstić information content (AvgIpc) is 3.22. The van der Waals surface area contributed by atoms with Crippen molar-refractivity contribution in [3.05, 3.63) is 102 Å². The van der Waals surface area contributed by atoms with E-state index in [1.807, 2.05) is 60.7 Å². The fourth-order valence-electron chi connectivity index (χ4n) is 5.73. The van der Waals surface area contributed by atoms with Gasteiger partial charge in [-0.05, 0) is 23.3 Å². The highest BCUT2D eigenvalue weighted by Gasteiger charge is 2.53. The number of nitrogens with two attached hydrogens (primary N) is 1. The molecule has 0 aliphatic carbocycles. The third-order valence-electron chi connectivity index (χ3n) is 7.44. The van der Waals surface area contributed by atoms with E-state index in [0.29, 0.717) is 30.1 Å². The number of likely N-dealkylation sites (tertiary alicyclic amines) is 1. The maximum absolute atomic E-state index is 13.5. The first-order valence-electron chi connectivity index (χ1n) is 12.0. The van der Waals surface area contributed by atoms with Gasteiger partial charge in [-0.25, -0.2) is 17.2 Å². The first-order valence-corrected chi connectivity index (χ1v) is 13.7. The molecule has 3 aromatic rings. The fraction of sp³-hybridized carbons (Fsp3) is 0.321. The number of sulfone groups is 1. The number of hydrogen-bond donors (Lipinski definition) is 1. The average molecular weight is 514 g/mol. The molecule has 190 valence electrons. The molecule has 2 N–H and O–H groups in total. The number of benzene rings is 3. The van der Waals surface area contributed by atoms with Gasteiger partial charge in [-0.1, -0.05) is 60.7 Å². The van der Waals surface area contributed by atoms with E-state index in [0.717, 1.165) is 36.2 Å². The molecule has 8 heteroatoms. The van der Waals surface area contributed by atoms with Gasteiger partial charge in [0.15, 0.2) is 9.84 Å². The van der Waals surface area contributed by atoms with Crippen LogP contribution in [-0.2, 0) is 20.0 Å². The molecule has 36 heavy (non-hydrogen) atoms. The van der Waals surface area contributed by atoms with Crippen molar-refractivity contribution in [2.75, 3.05) is 32.4 Å². The molecule has 2 atom stereocenters. The Morgan fingerprint density at radius 3 is 2.00 bits per heavy atom. The van der Waals surface area contributed by atoms with Gasteiger partial charge >= 0.3 is 0 Å². The van der Waals surface area contributed by atoms with E-state index in [-0.39, 0.29) is 16.6 Å². The van der Waals surface area contributed by atoms with Gasteiger partial charge in [-0.3, -0.25) is 4.79 Å². The second-order valence-electron chi connectivity index (χ2n) is 9.92. The summed E-state index contributed by atoms with van der Waals surface area (Å²) in [7, 11) is -1.78. The third kappa shape index (κ3) is 5.06. The van der Waals surface area contributed by atoms with Crippen molar-refractivity contribution in [1.82, 2.24) is 0 Å². The van der Waals surface area contributed by atoms with Crippen LogP contribution in [0.4, 0.5) is 8.78 Å². The summed E-state index contributed by atoms with van der Waals surface area (Å²) in [6.45, 7) is 1.95. The predicted molar refractivity (Wildman–Crippen MR) is 135 cm³/mol. The fourth-order valence-corrected chi connectivity index (χ4v) is 7.06. The van der Waals surface area contributed by atoms with Crippen molar-refractivity contribution in [3.63, 3.8) is 0 Å². The lowest BCUT2D eigenvalue weighted by Crippen LogP contribution is -2.51. The number of carbonyl (C=O) groups excluding carboxylic acids is 1. The van der Waals surface area contributed by atoms with E-state index in [4.69, 9.17) is 5.73 Å². The maximum atomic E-state index is 13.5. The summed E-state index contributed by atoms with van der Waals surface area (Å²) in [5, 5.41) is 0. The van der Waals surface area contributed by atoms with Crippen LogP contribution in [0.5, 0.6) is 0 Å². The van der Waals surface area contributed by atoms with Crippen LogP contribution in [0.1, 0.15) is 24.0 Å². The van der Waals surface area contributed by atoms with Crippen LogP contribution in [0, 0.1) is 17.6 Å². The van der Waals surface area contributed by atoms with E-state index in [1.54, 1.807) is 0 Å². The van der Waals surface area contributed by atoms with Gasteiger partial charge in [0.1, 0.15) is 17.0 Å². The largest absolute Gasteiger partial charge is 0.369 e. The highest BCUT2D eigenvalue weighted by atomic mass is 32.2. The van der Waals surface area contributed by atoms with Crippen LogP contribution in [0.25, 0.3) is 0 Å². The highest BCUT2D eigenvalue weighted by Crippen LogP contribution is 2.45. The summed E-state index contributed by atoms with van der Waals surface area (Å²) < 4.78 is 53.1. The van der Waals surface area contributed by atoms with Gasteiger partial charge in [0, 0.05) is 24.8 Å². The van der Waals surface area contributed by atoms with E-state index >= 15 is 0 Å². The van der Waals surface area contributed by atoms with Crippen molar-refractivity contribution in [2.24, 2.45) is 11.7 Å². The molecule has 1 heterocycles. The summed E-state index contributed by atoms with van der Waals surface area (Å²) in [6.07, 6.45) is 1.06. The van der Waals surface area contributed by atoms with Crippen LogP contribution in [0.2, 0.25) is 0 Å². The smallest absolute Gasteiger partial charge is 0.233 e. The molecule has 1 aliphatic rings. The minimum absolute atomic E-state index is 0.0845. The van der Waals surface area contributed by atoms with Crippen molar-refractivity contribution in [1.29, 1.82) is 0 Å². The van der Waals surface area contributed by atoms with Crippen molar-refractivity contribution in [2.45, 2.75) is 23.2 Å². The highest BCUT2D eigenvalue weighted by molar-refractivity contribution is 7.91. The lowest BCUT2D eigenvalue weighted by molar-refractivity contribution is -0.899. The van der Waals surface area contributed by atoms with Gasteiger partial charge in [0.2, 0.25) is 5.91 Å². The maximum Gasteiger partial charge on any atom is 0.233 e. The van der Waals surface area contributed by atoms with E-state index in [9.17, 15) is 22.0 Å². The number of quaternary nitrogens is 1.